The van der Waals surface area contributed by atoms with Gasteiger partial charge in [0, 0.05) is 17.6 Å². The molecule has 4 aromatic rings. The summed E-state index contributed by atoms with van der Waals surface area (Å²) in [7, 11) is -3.66. The molecule has 3 aromatic carbocycles. The molecule has 0 aliphatic heterocycles. The Morgan fingerprint density at radius 1 is 1.00 bits per heavy atom. The van der Waals surface area contributed by atoms with Gasteiger partial charge in [-0.3, -0.25) is 4.79 Å². The average Bonchev–Trinajstić information content (AvgIpc) is 3.16. The Labute approximate surface area is 186 Å². The van der Waals surface area contributed by atoms with Crippen LogP contribution in [0.1, 0.15) is 22.4 Å². The predicted octanol–water partition coefficient (Wildman–Crippen LogP) is 4.10. The summed E-state index contributed by atoms with van der Waals surface area (Å²) in [6, 6.07) is 19.2. The van der Waals surface area contributed by atoms with Gasteiger partial charge >= 0.3 is 0 Å². The van der Waals surface area contributed by atoms with E-state index in [1.165, 1.54) is 12.1 Å². The third-order valence-corrected chi connectivity index (χ3v) is 6.49. The predicted molar refractivity (Wildman–Crippen MR) is 123 cm³/mol. The first-order valence-electron chi connectivity index (χ1n) is 10.1. The molecule has 8 heteroatoms. The number of aromatic nitrogens is 1. The standard InChI is InChI=1S/C24H23N3O4S/c1-16-12-17(2)24-21(27-31-22(24)13-16)14-23(28)26-19-8-10-20(11-9-19)32(29,30)25-15-18-6-4-3-5-7-18/h3-13,25H,14-15H2,1-2H3,(H,26,28). The first kappa shape index (κ1) is 21.7. The van der Waals surface area contributed by atoms with Crippen molar-refractivity contribution in [3.8, 4) is 0 Å². The molecule has 0 unspecified atom stereocenters. The number of hydrogen-bond acceptors (Lipinski definition) is 5. The van der Waals surface area contributed by atoms with Crippen molar-refractivity contribution in [1.29, 1.82) is 0 Å². The van der Waals surface area contributed by atoms with Gasteiger partial charge in [0.25, 0.3) is 0 Å². The maximum atomic E-state index is 12.5. The molecule has 0 aliphatic rings. The third kappa shape index (κ3) is 4.87. The number of nitrogens with zero attached hydrogens (tertiary/aromatic N) is 1. The van der Waals surface area contributed by atoms with Gasteiger partial charge in [-0.2, -0.15) is 0 Å². The van der Waals surface area contributed by atoms with E-state index >= 15 is 0 Å². The zero-order valence-corrected chi connectivity index (χ0v) is 18.6. The minimum Gasteiger partial charge on any atom is -0.356 e. The van der Waals surface area contributed by atoms with Crippen molar-refractivity contribution in [2.45, 2.75) is 31.7 Å². The molecular weight excluding hydrogens is 426 g/mol. The van der Waals surface area contributed by atoms with Crippen LogP contribution in [-0.4, -0.2) is 19.5 Å². The van der Waals surface area contributed by atoms with E-state index in [2.05, 4.69) is 15.2 Å². The van der Waals surface area contributed by atoms with Crippen LogP contribution >= 0.6 is 0 Å². The van der Waals surface area contributed by atoms with Crippen LogP contribution in [0.5, 0.6) is 0 Å². The third-order valence-electron chi connectivity index (χ3n) is 5.07. The van der Waals surface area contributed by atoms with Crippen molar-refractivity contribution in [3.05, 3.63) is 89.1 Å². The molecule has 7 nitrogen and oxygen atoms in total. The first-order chi connectivity index (χ1) is 15.3. The Kier molecular flexibility index (Phi) is 6.07. The van der Waals surface area contributed by atoms with Crippen molar-refractivity contribution >= 4 is 32.6 Å². The molecule has 0 aliphatic carbocycles. The van der Waals surface area contributed by atoms with Gasteiger partial charge in [0.05, 0.1) is 11.3 Å². The zero-order chi connectivity index (χ0) is 22.7. The number of sulfonamides is 1. The van der Waals surface area contributed by atoms with E-state index < -0.39 is 10.0 Å². The number of amides is 1. The summed E-state index contributed by atoms with van der Waals surface area (Å²) in [5.41, 5.74) is 4.65. The van der Waals surface area contributed by atoms with Gasteiger partial charge < -0.3 is 9.84 Å². The Bertz CT molecular complexity index is 1360. The fourth-order valence-corrected chi connectivity index (χ4v) is 4.59. The zero-order valence-electron chi connectivity index (χ0n) is 17.8. The number of hydrogen-bond donors (Lipinski definition) is 2. The molecule has 1 aromatic heterocycles. The van der Waals surface area contributed by atoms with Gasteiger partial charge in [-0.15, -0.1) is 0 Å². The fourth-order valence-electron chi connectivity index (χ4n) is 3.57. The molecule has 0 fully saturated rings. The Morgan fingerprint density at radius 3 is 2.44 bits per heavy atom. The van der Waals surface area contributed by atoms with Crippen LogP contribution in [0, 0.1) is 13.8 Å². The van der Waals surface area contributed by atoms with E-state index in [0.29, 0.717) is 17.0 Å². The van der Waals surface area contributed by atoms with Crippen molar-refractivity contribution in [2.24, 2.45) is 0 Å². The number of benzene rings is 3. The molecule has 32 heavy (non-hydrogen) atoms. The lowest BCUT2D eigenvalue weighted by atomic mass is 10.0. The lowest BCUT2D eigenvalue weighted by Gasteiger charge is -2.09. The summed E-state index contributed by atoms with van der Waals surface area (Å²) in [4.78, 5) is 12.6. The van der Waals surface area contributed by atoms with E-state index in [9.17, 15) is 13.2 Å². The number of anilines is 1. The smallest absolute Gasteiger partial charge is 0.240 e. The van der Waals surface area contributed by atoms with Crippen molar-refractivity contribution < 1.29 is 17.7 Å². The SMILES string of the molecule is Cc1cc(C)c2c(CC(=O)Nc3ccc(S(=O)(=O)NCc4ccccc4)cc3)noc2c1. The maximum Gasteiger partial charge on any atom is 0.240 e. The van der Waals surface area contributed by atoms with Crippen LogP contribution in [-0.2, 0) is 27.8 Å². The first-order valence-corrected chi connectivity index (χ1v) is 11.6. The quantitative estimate of drug-likeness (QED) is 0.442. The fraction of sp³-hybridized carbons (Fsp3) is 0.167. The van der Waals surface area contributed by atoms with Gasteiger partial charge in [-0.25, -0.2) is 13.1 Å². The summed E-state index contributed by atoms with van der Waals surface area (Å²) in [6.07, 6.45) is 0.0512. The second-order valence-electron chi connectivity index (χ2n) is 7.64. The minimum atomic E-state index is -3.66. The summed E-state index contributed by atoms with van der Waals surface area (Å²) < 4.78 is 33.0. The summed E-state index contributed by atoms with van der Waals surface area (Å²) in [5, 5.41) is 7.67. The van der Waals surface area contributed by atoms with Gasteiger partial charge in [0.1, 0.15) is 5.69 Å². The molecule has 1 heterocycles. The average molecular weight is 450 g/mol. The normalized spacial score (nSPS) is 11.6. The van der Waals surface area contributed by atoms with Crippen molar-refractivity contribution in [1.82, 2.24) is 9.88 Å². The highest BCUT2D eigenvalue weighted by Gasteiger charge is 2.16. The lowest BCUT2D eigenvalue weighted by Crippen LogP contribution is -2.23. The minimum absolute atomic E-state index is 0.0512. The van der Waals surface area contributed by atoms with Crippen LogP contribution < -0.4 is 10.0 Å². The number of carbonyl (C=O) groups excluding carboxylic acids is 1. The Morgan fingerprint density at radius 2 is 1.72 bits per heavy atom. The van der Waals surface area contributed by atoms with E-state index in [1.807, 2.05) is 56.3 Å². The second-order valence-corrected chi connectivity index (χ2v) is 9.41. The maximum absolute atomic E-state index is 12.5. The number of nitrogens with one attached hydrogen (secondary N) is 2. The van der Waals surface area contributed by atoms with Gasteiger partial charge in [0.2, 0.25) is 15.9 Å². The lowest BCUT2D eigenvalue weighted by molar-refractivity contribution is -0.115. The molecule has 0 saturated carbocycles. The highest BCUT2D eigenvalue weighted by atomic mass is 32.2. The monoisotopic (exact) mass is 449 g/mol. The highest BCUT2D eigenvalue weighted by Crippen LogP contribution is 2.25. The topological polar surface area (TPSA) is 101 Å². The van der Waals surface area contributed by atoms with Gasteiger partial charge in [-0.1, -0.05) is 41.6 Å². The molecule has 0 radical (unpaired) electrons. The molecule has 0 bridgehead atoms. The van der Waals surface area contributed by atoms with Gasteiger partial charge in [0.15, 0.2) is 5.58 Å². The van der Waals surface area contributed by atoms with Crippen LogP contribution in [0.15, 0.2) is 76.1 Å². The number of rotatable bonds is 7. The molecule has 2 N–H and O–H groups in total. The second kappa shape index (κ2) is 8.94. The van der Waals surface area contributed by atoms with E-state index in [1.54, 1.807) is 12.1 Å². The molecule has 0 spiro atoms. The largest absolute Gasteiger partial charge is 0.356 e. The number of carbonyl (C=O) groups is 1. The van der Waals surface area contributed by atoms with Crippen molar-refractivity contribution in [3.63, 3.8) is 0 Å². The summed E-state index contributed by atoms with van der Waals surface area (Å²) in [6.45, 7) is 4.13. The van der Waals surface area contributed by atoms with Gasteiger partial charge in [-0.05, 0) is 60.9 Å². The molecule has 0 atom stereocenters. The van der Waals surface area contributed by atoms with E-state index in [0.717, 1.165) is 22.1 Å². The summed E-state index contributed by atoms with van der Waals surface area (Å²) in [5.74, 6) is -0.266. The number of fused-ring (bicyclic) bond motifs is 1. The van der Waals surface area contributed by atoms with Crippen molar-refractivity contribution in [2.75, 3.05) is 5.32 Å². The van der Waals surface area contributed by atoms with E-state index in [-0.39, 0.29) is 23.8 Å². The van der Waals surface area contributed by atoms with Crippen LogP contribution in [0.2, 0.25) is 0 Å². The van der Waals surface area contributed by atoms with Crippen LogP contribution in [0.25, 0.3) is 11.0 Å². The Hall–Kier alpha value is -3.49. The van der Waals surface area contributed by atoms with Crippen LogP contribution in [0.4, 0.5) is 5.69 Å². The molecule has 164 valence electrons. The Balaban J connectivity index is 1.41. The highest BCUT2D eigenvalue weighted by molar-refractivity contribution is 7.89. The molecule has 0 saturated heterocycles. The summed E-state index contributed by atoms with van der Waals surface area (Å²) >= 11 is 0. The van der Waals surface area contributed by atoms with Crippen LogP contribution in [0.3, 0.4) is 0 Å². The molecule has 1 amide bonds. The van der Waals surface area contributed by atoms with E-state index in [4.69, 9.17) is 4.52 Å². The molecule has 4 rings (SSSR count). The number of aryl methyl sites for hydroxylation is 2. The molecular formula is C24H23N3O4S.